The van der Waals surface area contributed by atoms with Gasteiger partial charge in [0.25, 0.3) is 0 Å². The molecule has 86 valence electrons. The van der Waals surface area contributed by atoms with E-state index in [2.05, 4.69) is 63.0 Å². The van der Waals surface area contributed by atoms with Gasteiger partial charge in [0, 0.05) is 0 Å². The summed E-state index contributed by atoms with van der Waals surface area (Å²) in [4.78, 5) is 0. The van der Waals surface area contributed by atoms with Crippen LogP contribution in [0.5, 0.6) is 0 Å². The summed E-state index contributed by atoms with van der Waals surface area (Å²) in [6.45, 7) is 12.9. The second-order valence-electron chi connectivity index (χ2n) is 4.25. The Hall–Kier alpha value is -0.417. The predicted octanol–water partition coefficient (Wildman–Crippen LogP) is 4.81. The van der Waals surface area contributed by atoms with Crippen molar-refractivity contribution in [2.75, 3.05) is 0 Å². The summed E-state index contributed by atoms with van der Waals surface area (Å²) in [6, 6.07) is 0. The van der Waals surface area contributed by atoms with E-state index < -0.39 is 0 Å². The van der Waals surface area contributed by atoms with Crippen molar-refractivity contribution in [3.8, 4) is 0 Å². The van der Waals surface area contributed by atoms with Gasteiger partial charge in [0.05, 0.1) is 0 Å². The zero-order valence-corrected chi connectivity index (χ0v) is 12.4. The van der Waals surface area contributed by atoms with Crippen LogP contribution in [0.1, 0.15) is 41.5 Å². The van der Waals surface area contributed by atoms with Crippen molar-refractivity contribution < 1.29 is 17.1 Å². The van der Waals surface area contributed by atoms with Crippen molar-refractivity contribution in [1.82, 2.24) is 0 Å². The SMILES string of the molecule is CC(C)=CC(C)=[CH][Ru][CH]=C(C)C=C(C)C. The molecule has 0 aromatic heterocycles. The molecule has 0 fully saturated rings. The summed E-state index contributed by atoms with van der Waals surface area (Å²) >= 11 is 0.240. The molecule has 0 heterocycles. The fourth-order valence-corrected chi connectivity index (χ4v) is 2.53. The van der Waals surface area contributed by atoms with Gasteiger partial charge in [-0.2, -0.15) is 0 Å². The van der Waals surface area contributed by atoms with Gasteiger partial charge in [-0.15, -0.1) is 0 Å². The summed E-state index contributed by atoms with van der Waals surface area (Å²) in [6.07, 6.45) is 4.47. The Balaban J connectivity index is 4.29. The van der Waals surface area contributed by atoms with E-state index in [1.165, 1.54) is 22.3 Å². The van der Waals surface area contributed by atoms with Crippen LogP contribution in [0, 0.1) is 0 Å². The molecule has 0 aliphatic rings. The Bertz CT molecular complexity index is 274. The molecule has 0 N–H and O–H groups in total. The van der Waals surface area contributed by atoms with Gasteiger partial charge in [0.15, 0.2) is 0 Å². The fraction of sp³-hybridized carbons (Fsp3) is 0.429. The van der Waals surface area contributed by atoms with Crippen LogP contribution in [0.25, 0.3) is 0 Å². The predicted molar refractivity (Wildman–Crippen MR) is 66.4 cm³/mol. The first kappa shape index (κ1) is 14.6. The van der Waals surface area contributed by atoms with Gasteiger partial charge >= 0.3 is 102 Å². The van der Waals surface area contributed by atoms with Crippen LogP contribution < -0.4 is 0 Å². The number of hydrogen-bond donors (Lipinski definition) is 0. The summed E-state index contributed by atoms with van der Waals surface area (Å²) in [7, 11) is 0. The molecule has 0 rings (SSSR count). The Morgan fingerprint density at radius 3 is 1.27 bits per heavy atom. The van der Waals surface area contributed by atoms with Crippen LogP contribution in [0.2, 0.25) is 0 Å². The van der Waals surface area contributed by atoms with Gasteiger partial charge in [-0.3, -0.25) is 0 Å². The molecule has 0 spiro atoms. The molecule has 0 aliphatic carbocycles. The standard InChI is InChI=1S/2C7H11.Ru/c2*1-6(2)5-7(3)4;/h2*1,5H,2-4H3;. The molecule has 0 aromatic carbocycles. The molecule has 1 heteroatoms. The topological polar surface area (TPSA) is 0 Å². The third-order valence-electron chi connectivity index (χ3n) is 1.47. The van der Waals surface area contributed by atoms with Crippen molar-refractivity contribution in [2.24, 2.45) is 0 Å². The first-order valence-corrected chi connectivity index (χ1v) is 7.15. The van der Waals surface area contributed by atoms with Gasteiger partial charge in [0.2, 0.25) is 0 Å². The molecule has 0 nitrogen and oxygen atoms in total. The zero-order valence-electron chi connectivity index (χ0n) is 10.7. The van der Waals surface area contributed by atoms with E-state index in [1.54, 1.807) is 0 Å². The average molecular weight is 291 g/mol. The van der Waals surface area contributed by atoms with E-state index in [0.29, 0.717) is 0 Å². The van der Waals surface area contributed by atoms with Crippen LogP contribution >= 0.6 is 0 Å². The summed E-state index contributed by atoms with van der Waals surface area (Å²) in [5.74, 6) is 0. The molecule has 0 saturated carbocycles. The minimum atomic E-state index is 0.240. The Morgan fingerprint density at radius 2 is 1.00 bits per heavy atom. The fourth-order valence-electron chi connectivity index (χ4n) is 1.18. The van der Waals surface area contributed by atoms with E-state index in [9.17, 15) is 0 Å². The van der Waals surface area contributed by atoms with Gasteiger partial charge in [0.1, 0.15) is 0 Å². The van der Waals surface area contributed by atoms with Crippen LogP contribution in [0.4, 0.5) is 0 Å². The van der Waals surface area contributed by atoms with E-state index in [1.807, 2.05) is 0 Å². The molecule has 0 radical (unpaired) electrons. The van der Waals surface area contributed by atoms with E-state index >= 15 is 0 Å². The molecule has 0 aliphatic heterocycles. The first-order chi connectivity index (χ1) is 6.91. The number of hydrogen-bond acceptors (Lipinski definition) is 0. The average Bonchev–Trinajstić information content (AvgIpc) is 2.00. The molecule has 0 saturated heterocycles. The van der Waals surface area contributed by atoms with Gasteiger partial charge in [-0.25, -0.2) is 0 Å². The Morgan fingerprint density at radius 1 is 0.667 bits per heavy atom. The molecular weight excluding hydrogens is 269 g/mol. The van der Waals surface area contributed by atoms with Gasteiger partial charge in [-0.1, -0.05) is 0 Å². The van der Waals surface area contributed by atoms with Crippen molar-refractivity contribution in [1.29, 1.82) is 0 Å². The molecule has 0 amide bonds. The monoisotopic (exact) mass is 292 g/mol. The Labute approximate surface area is 102 Å². The van der Waals surface area contributed by atoms with Crippen molar-refractivity contribution in [3.63, 3.8) is 0 Å². The minimum absolute atomic E-state index is 0.240. The molecule has 0 aromatic rings. The molecule has 0 unspecified atom stereocenters. The quantitative estimate of drug-likeness (QED) is 0.515. The van der Waals surface area contributed by atoms with Crippen molar-refractivity contribution >= 4 is 0 Å². The third kappa shape index (κ3) is 9.88. The summed E-state index contributed by atoms with van der Waals surface area (Å²) in [5, 5.41) is 0. The van der Waals surface area contributed by atoms with Crippen LogP contribution in [-0.2, 0) is 17.1 Å². The first-order valence-electron chi connectivity index (χ1n) is 5.14. The molecular formula is C14H22Ru. The second-order valence-corrected chi connectivity index (χ2v) is 5.84. The molecule has 15 heavy (non-hydrogen) atoms. The van der Waals surface area contributed by atoms with Crippen LogP contribution in [0.15, 0.2) is 43.8 Å². The van der Waals surface area contributed by atoms with Crippen molar-refractivity contribution in [2.45, 2.75) is 41.5 Å². The van der Waals surface area contributed by atoms with Gasteiger partial charge in [-0.05, 0) is 0 Å². The normalized spacial score (nSPS) is 12.7. The van der Waals surface area contributed by atoms with Crippen molar-refractivity contribution in [3.05, 3.63) is 43.8 Å². The summed E-state index contributed by atoms with van der Waals surface area (Å²) in [5.41, 5.74) is 5.51. The molecule has 0 atom stereocenters. The van der Waals surface area contributed by atoms with E-state index in [0.717, 1.165) is 0 Å². The Kier molecular flexibility index (Phi) is 7.60. The molecule has 0 bridgehead atoms. The maximum absolute atomic E-state index is 2.35. The second kappa shape index (κ2) is 7.82. The number of allylic oxidation sites excluding steroid dienone is 6. The van der Waals surface area contributed by atoms with E-state index in [4.69, 9.17) is 0 Å². The number of rotatable bonds is 4. The summed E-state index contributed by atoms with van der Waals surface area (Å²) < 4.78 is 4.70. The van der Waals surface area contributed by atoms with E-state index in [-0.39, 0.29) is 17.1 Å². The van der Waals surface area contributed by atoms with Crippen LogP contribution in [0.3, 0.4) is 0 Å². The third-order valence-corrected chi connectivity index (χ3v) is 3.63. The van der Waals surface area contributed by atoms with Crippen LogP contribution in [-0.4, -0.2) is 0 Å². The maximum atomic E-state index is 2.35. The zero-order chi connectivity index (χ0) is 11.8. The van der Waals surface area contributed by atoms with Gasteiger partial charge < -0.3 is 0 Å².